The van der Waals surface area contributed by atoms with Crippen molar-refractivity contribution in [2.24, 2.45) is 5.92 Å². The van der Waals surface area contributed by atoms with Gasteiger partial charge < -0.3 is 15.2 Å². The number of nitrogens with zero attached hydrogens (tertiary/aromatic N) is 1. The predicted octanol–water partition coefficient (Wildman–Crippen LogP) is 3.43. The Hall–Kier alpha value is -2.70. The van der Waals surface area contributed by atoms with Crippen molar-refractivity contribution in [3.05, 3.63) is 71.3 Å². The van der Waals surface area contributed by atoms with Gasteiger partial charge >= 0.3 is 6.03 Å². The molecule has 2 aromatic rings. The molecule has 0 aliphatic carbocycles. The quantitative estimate of drug-likeness (QED) is 0.621. The van der Waals surface area contributed by atoms with Crippen LogP contribution in [-0.2, 0) is 9.53 Å². The van der Waals surface area contributed by atoms with Crippen LogP contribution in [-0.4, -0.2) is 47.2 Å². The van der Waals surface area contributed by atoms with Gasteiger partial charge in [-0.2, -0.15) is 0 Å². The van der Waals surface area contributed by atoms with Crippen LogP contribution in [0, 0.1) is 12.8 Å². The molecule has 2 aromatic carbocycles. The van der Waals surface area contributed by atoms with Crippen molar-refractivity contribution in [3.63, 3.8) is 0 Å². The molecule has 30 heavy (non-hydrogen) atoms. The maximum atomic E-state index is 12.5. The average molecular weight is 411 g/mol. The summed E-state index contributed by atoms with van der Waals surface area (Å²) in [5.74, 6) is -0.000498. The highest BCUT2D eigenvalue weighted by molar-refractivity contribution is 6.04. The van der Waals surface area contributed by atoms with E-state index in [4.69, 9.17) is 4.74 Å². The average Bonchev–Trinajstić information content (AvgIpc) is 2.97. The number of urea groups is 1. The summed E-state index contributed by atoms with van der Waals surface area (Å²) in [5, 5.41) is 13.2. The minimum absolute atomic E-state index is 0.000196. The molecule has 3 amide bonds. The number of hydrogen-bond acceptors (Lipinski definition) is 4. The topological polar surface area (TPSA) is 78.9 Å². The molecular formula is C24H30N2O4. The Morgan fingerprint density at radius 2 is 1.73 bits per heavy atom. The molecule has 0 bridgehead atoms. The van der Waals surface area contributed by atoms with Crippen LogP contribution in [0.5, 0.6) is 0 Å². The molecule has 6 nitrogen and oxygen atoms in total. The van der Waals surface area contributed by atoms with Crippen LogP contribution in [0.2, 0.25) is 0 Å². The summed E-state index contributed by atoms with van der Waals surface area (Å²) in [6, 6.07) is 16.8. The van der Waals surface area contributed by atoms with E-state index < -0.39 is 18.2 Å². The van der Waals surface area contributed by atoms with Crippen molar-refractivity contribution >= 4 is 11.9 Å². The third-order valence-electron chi connectivity index (χ3n) is 5.24. The minimum atomic E-state index is -0.979. The number of rotatable bonds is 9. The summed E-state index contributed by atoms with van der Waals surface area (Å²) in [5.41, 5.74) is 3.08. The molecule has 1 saturated heterocycles. The number of imide groups is 1. The van der Waals surface area contributed by atoms with Crippen LogP contribution >= 0.6 is 0 Å². The minimum Gasteiger partial charge on any atom is -0.389 e. The van der Waals surface area contributed by atoms with Gasteiger partial charge in [-0.1, -0.05) is 68.4 Å². The van der Waals surface area contributed by atoms with Crippen molar-refractivity contribution < 1.29 is 19.4 Å². The Kier molecular flexibility index (Phi) is 7.24. The smallest absolute Gasteiger partial charge is 0.324 e. The standard InChI is InChI=1S/C24H30N2O4/c1-16(2)13-21-23(28)26(24(29)25-21)14-19(27)15-30-22(18-10-5-4-6-11-18)20-12-8-7-9-17(20)3/h4-12,16,19,21-22,27H,13-15H2,1-3H3,(H,25,29). The van der Waals surface area contributed by atoms with Crippen LogP contribution < -0.4 is 5.32 Å². The number of aliphatic hydroxyl groups is 1. The molecule has 1 aliphatic rings. The Morgan fingerprint density at radius 3 is 2.40 bits per heavy atom. The van der Waals surface area contributed by atoms with Gasteiger partial charge in [-0.15, -0.1) is 0 Å². The van der Waals surface area contributed by atoms with Crippen molar-refractivity contribution in [2.45, 2.75) is 45.4 Å². The van der Waals surface area contributed by atoms with E-state index >= 15 is 0 Å². The Morgan fingerprint density at radius 1 is 1.07 bits per heavy atom. The van der Waals surface area contributed by atoms with Crippen LogP contribution in [0.15, 0.2) is 54.6 Å². The molecule has 0 saturated carbocycles. The Labute approximate surface area is 177 Å². The van der Waals surface area contributed by atoms with E-state index in [1.807, 2.05) is 75.4 Å². The number of aliphatic hydroxyl groups excluding tert-OH is 1. The van der Waals surface area contributed by atoms with E-state index in [1.54, 1.807) is 0 Å². The number of carbonyl (C=O) groups is 2. The molecule has 6 heteroatoms. The zero-order chi connectivity index (χ0) is 21.7. The molecule has 1 aliphatic heterocycles. The number of ether oxygens (including phenoxy) is 1. The molecule has 1 heterocycles. The number of β-amino-alcohol motifs (C(OH)–C–C–N with tert-alkyl or cyclic N) is 1. The second-order valence-corrected chi connectivity index (χ2v) is 8.21. The third-order valence-corrected chi connectivity index (χ3v) is 5.24. The van der Waals surface area contributed by atoms with E-state index in [1.165, 1.54) is 0 Å². The van der Waals surface area contributed by atoms with Gasteiger partial charge in [0, 0.05) is 0 Å². The molecule has 0 radical (unpaired) electrons. The van der Waals surface area contributed by atoms with E-state index in [0.29, 0.717) is 6.42 Å². The highest BCUT2D eigenvalue weighted by Crippen LogP contribution is 2.28. The van der Waals surface area contributed by atoms with Crippen molar-refractivity contribution in [2.75, 3.05) is 13.2 Å². The Balaban J connectivity index is 1.67. The van der Waals surface area contributed by atoms with Crippen molar-refractivity contribution in [3.8, 4) is 0 Å². The first-order valence-electron chi connectivity index (χ1n) is 10.4. The van der Waals surface area contributed by atoms with E-state index in [9.17, 15) is 14.7 Å². The van der Waals surface area contributed by atoms with Crippen molar-refractivity contribution in [1.82, 2.24) is 10.2 Å². The van der Waals surface area contributed by atoms with Gasteiger partial charge in [0.2, 0.25) is 0 Å². The maximum Gasteiger partial charge on any atom is 0.324 e. The van der Waals surface area contributed by atoms with Crippen LogP contribution in [0.4, 0.5) is 4.79 Å². The molecule has 0 aromatic heterocycles. The molecule has 3 atom stereocenters. The first-order valence-corrected chi connectivity index (χ1v) is 10.4. The number of aryl methyl sites for hydroxylation is 1. The molecule has 2 N–H and O–H groups in total. The monoisotopic (exact) mass is 410 g/mol. The van der Waals surface area contributed by atoms with Crippen LogP contribution in [0.3, 0.4) is 0 Å². The molecule has 160 valence electrons. The van der Waals surface area contributed by atoms with Crippen molar-refractivity contribution in [1.29, 1.82) is 0 Å². The Bertz CT molecular complexity index is 869. The van der Waals surface area contributed by atoms with E-state index in [2.05, 4.69) is 5.32 Å². The predicted molar refractivity (Wildman–Crippen MR) is 115 cm³/mol. The number of carbonyl (C=O) groups excluding carboxylic acids is 2. The lowest BCUT2D eigenvalue weighted by molar-refractivity contribution is -0.129. The molecule has 3 rings (SSSR count). The first-order chi connectivity index (χ1) is 14.4. The maximum absolute atomic E-state index is 12.5. The number of hydrogen-bond donors (Lipinski definition) is 2. The van der Waals surface area contributed by atoms with Gasteiger partial charge in [-0.25, -0.2) is 4.79 Å². The highest BCUT2D eigenvalue weighted by Gasteiger charge is 2.39. The fraction of sp³-hybridized carbons (Fsp3) is 0.417. The zero-order valence-electron chi connectivity index (χ0n) is 17.7. The second kappa shape index (κ2) is 9.87. The van der Waals surface area contributed by atoms with Crippen LogP contribution in [0.1, 0.15) is 43.1 Å². The summed E-state index contributed by atoms with van der Waals surface area (Å²) >= 11 is 0. The number of amides is 3. The van der Waals surface area contributed by atoms with Gasteiger partial charge in [-0.3, -0.25) is 9.69 Å². The largest absolute Gasteiger partial charge is 0.389 e. The fourth-order valence-electron chi connectivity index (χ4n) is 3.73. The summed E-state index contributed by atoms with van der Waals surface area (Å²) in [6.07, 6.45) is -0.747. The molecule has 0 spiro atoms. The van der Waals surface area contributed by atoms with Gasteiger partial charge in [0.1, 0.15) is 12.1 Å². The first kappa shape index (κ1) is 22.0. The summed E-state index contributed by atoms with van der Waals surface area (Å²) in [7, 11) is 0. The van der Waals surface area contributed by atoms with Gasteiger partial charge in [0.15, 0.2) is 0 Å². The van der Waals surface area contributed by atoms with Gasteiger partial charge in [0.25, 0.3) is 5.91 Å². The summed E-state index contributed by atoms with van der Waals surface area (Å²) in [6.45, 7) is 5.93. The molecule has 3 unspecified atom stereocenters. The normalized spacial score (nSPS) is 18.6. The highest BCUT2D eigenvalue weighted by atomic mass is 16.5. The fourth-order valence-corrected chi connectivity index (χ4v) is 3.73. The third kappa shape index (κ3) is 5.26. The zero-order valence-corrected chi connectivity index (χ0v) is 17.7. The van der Waals surface area contributed by atoms with Gasteiger partial charge in [-0.05, 0) is 36.0 Å². The lowest BCUT2D eigenvalue weighted by atomic mass is 9.97. The van der Waals surface area contributed by atoms with E-state index in [-0.39, 0.29) is 31.1 Å². The molecule has 1 fully saturated rings. The SMILES string of the molecule is Cc1ccccc1C(OCC(O)CN1C(=O)NC(CC(C)C)C1=O)c1ccccc1. The van der Waals surface area contributed by atoms with E-state index in [0.717, 1.165) is 21.6 Å². The molecular weight excluding hydrogens is 380 g/mol. The number of benzene rings is 2. The van der Waals surface area contributed by atoms with Gasteiger partial charge in [0.05, 0.1) is 19.3 Å². The van der Waals surface area contributed by atoms with Crippen LogP contribution in [0.25, 0.3) is 0 Å². The second-order valence-electron chi connectivity index (χ2n) is 8.21. The summed E-state index contributed by atoms with van der Waals surface area (Å²) < 4.78 is 6.11. The lowest BCUT2D eigenvalue weighted by Gasteiger charge is -2.24. The number of nitrogens with one attached hydrogen (secondary N) is 1. The lowest BCUT2D eigenvalue weighted by Crippen LogP contribution is -2.40. The summed E-state index contributed by atoms with van der Waals surface area (Å²) in [4.78, 5) is 25.8.